The fourth-order valence-electron chi connectivity index (χ4n) is 2.44. The molecule has 0 amide bonds. The molecule has 3 N–H and O–H groups in total. The van der Waals surface area contributed by atoms with E-state index in [9.17, 15) is 5.11 Å². The van der Waals surface area contributed by atoms with Crippen molar-refractivity contribution < 1.29 is 5.11 Å². The van der Waals surface area contributed by atoms with E-state index >= 15 is 0 Å². The fraction of sp³-hybridized carbons (Fsp3) is 0.500. The molecule has 1 aliphatic carbocycles. The van der Waals surface area contributed by atoms with Crippen LogP contribution in [-0.4, -0.2) is 32.2 Å². The van der Waals surface area contributed by atoms with Crippen molar-refractivity contribution in [1.82, 2.24) is 15.0 Å². The molecular formula is C12H16N4O. The lowest BCUT2D eigenvalue weighted by molar-refractivity contribution is 0.116. The van der Waals surface area contributed by atoms with Crippen LogP contribution < -0.4 is 5.32 Å². The van der Waals surface area contributed by atoms with Gasteiger partial charge in [0.2, 0.25) is 0 Å². The summed E-state index contributed by atoms with van der Waals surface area (Å²) in [5, 5.41) is 14.3. The molecule has 0 saturated heterocycles. The molecule has 0 aromatic carbocycles. The first-order valence-corrected chi connectivity index (χ1v) is 6.07. The van der Waals surface area contributed by atoms with Gasteiger partial charge in [-0.1, -0.05) is 12.8 Å². The molecule has 2 atom stereocenters. The third kappa shape index (κ3) is 1.98. The smallest absolute Gasteiger partial charge is 0.142 e. The van der Waals surface area contributed by atoms with Crippen LogP contribution in [0.3, 0.4) is 0 Å². The molecule has 2 aromatic heterocycles. The van der Waals surface area contributed by atoms with Gasteiger partial charge in [-0.05, 0) is 18.9 Å². The van der Waals surface area contributed by atoms with Crippen molar-refractivity contribution in [2.24, 2.45) is 0 Å². The van der Waals surface area contributed by atoms with Gasteiger partial charge >= 0.3 is 0 Å². The quantitative estimate of drug-likeness (QED) is 0.736. The normalized spacial score (nSPS) is 25.0. The molecule has 2 heterocycles. The number of aliphatic hydroxyl groups excluding tert-OH is 1. The SMILES string of the molecule is O[C@H]1CCCC[C@@H]1Nc1ncnc2[nH]ccc12. The second-order valence-corrected chi connectivity index (χ2v) is 4.56. The third-order valence-corrected chi connectivity index (χ3v) is 3.41. The van der Waals surface area contributed by atoms with E-state index in [1.165, 1.54) is 6.33 Å². The van der Waals surface area contributed by atoms with Crippen LogP contribution in [0.5, 0.6) is 0 Å². The number of aromatic nitrogens is 3. The highest BCUT2D eigenvalue weighted by Gasteiger charge is 2.23. The molecule has 0 unspecified atom stereocenters. The number of aliphatic hydroxyl groups is 1. The lowest BCUT2D eigenvalue weighted by Crippen LogP contribution is -2.36. The Labute approximate surface area is 99.3 Å². The lowest BCUT2D eigenvalue weighted by atomic mass is 9.92. The number of nitrogens with zero attached hydrogens (tertiary/aromatic N) is 2. The van der Waals surface area contributed by atoms with Crippen LogP contribution in [0.2, 0.25) is 0 Å². The summed E-state index contributed by atoms with van der Waals surface area (Å²) in [7, 11) is 0. The summed E-state index contributed by atoms with van der Waals surface area (Å²) < 4.78 is 0. The van der Waals surface area contributed by atoms with Crippen LogP contribution in [0.25, 0.3) is 11.0 Å². The topological polar surface area (TPSA) is 73.8 Å². The number of anilines is 1. The number of nitrogens with one attached hydrogen (secondary N) is 2. The van der Waals surface area contributed by atoms with Crippen LogP contribution in [-0.2, 0) is 0 Å². The monoisotopic (exact) mass is 232 g/mol. The number of hydrogen-bond donors (Lipinski definition) is 3. The van der Waals surface area contributed by atoms with Crippen molar-refractivity contribution in [3.8, 4) is 0 Å². The number of hydrogen-bond acceptors (Lipinski definition) is 4. The first kappa shape index (κ1) is 10.5. The zero-order valence-electron chi connectivity index (χ0n) is 9.56. The van der Waals surface area contributed by atoms with Crippen LogP contribution in [0.15, 0.2) is 18.6 Å². The van der Waals surface area contributed by atoms with E-state index < -0.39 is 0 Å². The molecule has 0 spiro atoms. The molecule has 1 aliphatic rings. The fourth-order valence-corrected chi connectivity index (χ4v) is 2.44. The Morgan fingerprint density at radius 3 is 3.06 bits per heavy atom. The summed E-state index contributed by atoms with van der Waals surface area (Å²) in [5.41, 5.74) is 0.827. The molecule has 2 aromatic rings. The Morgan fingerprint density at radius 2 is 2.18 bits per heavy atom. The molecule has 3 rings (SSSR count). The Balaban J connectivity index is 1.86. The Bertz CT molecular complexity index is 510. The van der Waals surface area contributed by atoms with Gasteiger partial charge in [0, 0.05) is 6.20 Å². The van der Waals surface area contributed by atoms with E-state index in [-0.39, 0.29) is 12.1 Å². The van der Waals surface area contributed by atoms with Gasteiger partial charge in [0.1, 0.15) is 17.8 Å². The van der Waals surface area contributed by atoms with Gasteiger partial charge in [0.15, 0.2) is 0 Å². The molecule has 0 radical (unpaired) electrons. The maximum Gasteiger partial charge on any atom is 0.142 e. The van der Waals surface area contributed by atoms with Crippen LogP contribution in [0.1, 0.15) is 25.7 Å². The maximum absolute atomic E-state index is 9.94. The summed E-state index contributed by atoms with van der Waals surface area (Å²) in [5.74, 6) is 0.808. The minimum Gasteiger partial charge on any atom is -0.391 e. The lowest BCUT2D eigenvalue weighted by Gasteiger charge is -2.28. The standard InChI is InChI=1S/C12H16N4O/c17-10-4-2-1-3-9(10)16-12-8-5-6-13-11(8)14-7-15-12/h5-7,9-10,17H,1-4H2,(H2,13,14,15,16)/t9-,10-/m0/s1. The van der Waals surface area contributed by atoms with Crippen LogP contribution in [0, 0.1) is 0 Å². The minimum absolute atomic E-state index is 0.108. The van der Waals surface area contributed by atoms with Gasteiger partial charge in [0.25, 0.3) is 0 Å². The van der Waals surface area contributed by atoms with E-state index in [2.05, 4.69) is 20.3 Å². The number of aromatic amines is 1. The summed E-state index contributed by atoms with van der Waals surface area (Å²) >= 11 is 0. The Hall–Kier alpha value is -1.62. The van der Waals surface area contributed by atoms with Crippen molar-refractivity contribution >= 4 is 16.9 Å². The zero-order valence-corrected chi connectivity index (χ0v) is 9.56. The number of H-pyrrole nitrogens is 1. The third-order valence-electron chi connectivity index (χ3n) is 3.41. The van der Waals surface area contributed by atoms with Gasteiger partial charge in [-0.15, -0.1) is 0 Å². The Morgan fingerprint density at radius 1 is 1.29 bits per heavy atom. The van der Waals surface area contributed by atoms with Gasteiger partial charge in [-0.2, -0.15) is 0 Å². The average Bonchev–Trinajstić information content (AvgIpc) is 2.81. The van der Waals surface area contributed by atoms with Gasteiger partial charge < -0.3 is 15.4 Å². The van der Waals surface area contributed by atoms with Gasteiger partial charge in [-0.3, -0.25) is 0 Å². The highest BCUT2D eigenvalue weighted by atomic mass is 16.3. The van der Waals surface area contributed by atoms with Gasteiger partial charge in [-0.25, -0.2) is 9.97 Å². The largest absolute Gasteiger partial charge is 0.391 e. The van der Waals surface area contributed by atoms with E-state index in [1.807, 2.05) is 12.3 Å². The number of fused-ring (bicyclic) bond motifs is 1. The molecular weight excluding hydrogens is 216 g/mol. The van der Waals surface area contributed by atoms with Crippen LogP contribution in [0.4, 0.5) is 5.82 Å². The van der Waals surface area contributed by atoms with Crippen molar-refractivity contribution in [3.63, 3.8) is 0 Å². The predicted octanol–water partition coefficient (Wildman–Crippen LogP) is 1.67. The molecule has 5 nitrogen and oxygen atoms in total. The summed E-state index contributed by atoms with van der Waals surface area (Å²) in [6, 6.07) is 2.06. The van der Waals surface area contributed by atoms with Crippen molar-refractivity contribution in [1.29, 1.82) is 0 Å². The number of rotatable bonds is 2. The van der Waals surface area contributed by atoms with Crippen molar-refractivity contribution in [2.45, 2.75) is 37.8 Å². The van der Waals surface area contributed by atoms with Gasteiger partial charge in [0.05, 0.1) is 17.5 Å². The highest BCUT2D eigenvalue weighted by molar-refractivity contribution is 5.86. The molecule has 1 fully saturated rings. The summed E-state index contributed by atoms with van der Waals surface area (Å²) in [6.07, 6.45) is 7.26. The second-order valence-electron chi connectivity index (χ2n) is 4.56. The van der Waals surface area contributed by atoms with E-state index in [4.69, 9.17) is 0 Å². The first-order chi connectivity index (χ1) is 8.34. The van der Waals surface area contributed by atoms with Crippen molar-refractivity contribution in [2.75, 3.05) is 5.32 Å². The average molecular weight is 232 g/mol. The molecule has 0 bridgehead atoms. The maximum atomic E-state index is 9.94. The Kier molecular flexibility index (Phi) is 2.68. The van der Waals surface area contributed by atoms with Crippen LogP contribution >= 0.6 is 0 Å². The van der Waals surface area contributed by atoms with E-state index in [0.29, 0.717) is 0 Å². The highest BCUT2D eigenvalue weighted by Crippen LogP contribution is 2.24. The molecule has 1 saturated carbocycles. The van der Waals surface area contributed by atoms with E-state index in [0.717, 1.165) is 42.5 Å². The molecule has 5 heteroatoms. The second kappa shape index (κ2) is 4.33. The van der Waals surface area contributed by atoms with Crippen molar-refractivity contribution in [3.05, 3.63) is 18.6 Å². The molecule has 17 heavy (non-hydrogen) atoms. The molecule has 90 valence electrons. The van der Waals surface area contributed by atoms with E-state index in [1.54, 1.807) is 0 Å². The minimum atomic E-state index is -0.271. The first-order valence-electron chi connectivity index (χ1n) is 6.07. The predicted molar refractivity (Wildman–Crippen MR) is 65.8 cm³/mol. The summed E-state index contributed by atoms with van der Waals surface area (Å²) in [6.45, 7) is 0. The summed E-state index contributed by atoms with van der Waals surface area (Å²) in [4.78, 5) is 11.5. The molecule has 0 aliphatic heterocycles. The zero-order chi connectivity index (χ0) is 11.7.